The van der Waals surface area contributed by atoms with E-state index >= 15 is 0 Å². The van der Waals surface area contributed by atoms with Crippen molar-refractivity contribution in [2.75, 3.05) is 6.61 Å². The minimum atomic E-state index is -1.44. The molecule has 14 heteroatoms. The highest BCUT2D eigenvalue weighted by Crippen LogP contribution is 2.31. The van der Waals surface area contributed by atoms with E-state index in [-0.39, 0.29) is 22.6 Å². The third-order valence-corrected chi connectivity index (χ3v) is 5.66. The van der Waals surface area contributed by atoms with E-state index in [2.05, 4.69) is 0 Å². The molecule has 0 aromatic heterocycles. The number of hydrogen-bond acceptors (Lipinski definition) is 13. The molecule has 0 unspecified atom stereocenters. The van der Waals surface area contributed by atoms with Crippen LogP contribution in [0.1, 0.15) is 43.6 Å². The maximum Gasteiger partial charge on any atom is 0.303 e. The van der Waals surface area contributed by atoms with E-state index in [1.54, 1.807) is 0 Å². The lowest BCUT2D eigenvalue weighted by atomic mass is 9.98. The second-order valence-electron chi connectivity index (χ2n) is 8.84. The molecule has 0 saturated carbocycles. The van der Waals surface area contributed by atoms with Gasteiger partial charge in [-0.2, -0.15) is 0 Å². The fourth-order valence-corrected chi connectivity index (χ4v) is 4.00. The number of ketones is 1. The topological polar surface area (TPSA) is 184 Å². The molecule has 0 aliphatic carbocycles. The standard InChI is InChI=1S/C27H27NO13/c1-14(29)36-13-22-24(37-15(2)30)25(38-16(3)31)26(39-17(4)32)27(41-22)40-21-11-7-19(8-12-21)23(33)18-5-9-20(10-6-18)28(34)35/h5-12,22,24-27H,13H2,1-4H3/t22-,24-,25+,26+,27+/m1/s1. The van der Waals surface area contributed by atoms with Gasteiger partial charge in [-0.1, -0.05) is 0 Å². The Morgan fingerprint density at radius 1 is 0.732 bits per heavy atom. The molecule has 2 aromatic rings. The van der Waals surface area contributed by atoms with Gasteiger partial charge in [0, 0.05) is 51.0 Å². The molecule has 2 aromatic carbocycles. The number of nitro benzene ring substituents is 1. The molecule has 0 N–H and O–H groups in total. The summed E-state index contributed by atoms with van der Waals surface area (Å²) in [6, 6.07) is 10.8. The summed E-state index contributed by atoms with van der Waals surface area (Å²) in [5, 5.41) is 10.9. The number of hydrogen-bond donors (Lipinski definition) is 0. The van der Waals surface area contributed by atoms with E-state index in [0.717, 1.165) is 27.7 Å². The zero-order valence-corrected chi connectivity index (χ0v) is 22.5. The van der Waals surface area contributed by atoms with Crippen LogP contribution in [-0.2, 0) is 42.9 Å². The van der Waals surface area contributed by atoms with Crippen molar-refractivity contribution in [3.05, 3.63) is 69.8 Å². The predicted octanol–water partition coefficient (Wildman–Crippen LogP) is 2.29. The number of carbonyl (C=O) groups excluding carboxylic acids is 5. The first-order valence-corrected chi connectivity index (χ1v) is 12.2. The Bertz CT molecular complexity index is 1310. The Kier molecular flexibility index (Phi) is 10.1. The number of rotatable bonds is 10. The highest BCUT2D eigenvalue weighted by molar-refractivity contribution is 6.09. The first-order valence-electron chi connectivity index (χ1n) is 12.2. The predicted molar refractivity (Wildman–Crippen MR) is 136 cm³/mol. The maximum atomic E-state index is 12.8. The number of non-ortho nitro benzene ring substituents is 1. The number of nitro groups is 1. The van der Waals surface area contributed by atoms with E-state index in [1.807, 2.05) is 0 Å². The van der Waals surface area contributed by atoms with Crippen LogP contribution in [0.3, 0.4) is 0 Å². The van der Waals surface area contributed by atoms with Crippen molar-refractivity contribution in [2.24, 2.45) is 0 Å². The lowest BCUT2D eigenvalue weighted by Gasteiger charge is -2.43. The average Bonchev–Trinajstić information content (AvgIpc) is 2.90. The summed E-state index contributed by atoms with van der Waals surface area (Å²) in [4.78, 5) is 70.3. The molecule has 5 atom stereocenters. The molecule has 218 valence electrons. The van der Waals surface area contributed by atoms with E-state index < -0.39 is 71.9 Å². The van der Waals surface area contributed by atoms with Crippen LogP contribution in [0.2, 0.25) is 0 Å². The highest BCUT2D eigenvalue weighted by Gasteiger charge is 2.53. The number of esters is 4. The summed E-state index contributed by atoms with van der Waals surface area (Å²) in [5.41, 5.74) is 0.312. The fourth-order valence-electron chi connectivity index (χ4n) is 4.00. The zero-order valence-electron chi connectivity index (χ0n) is 22.5. The van der Waals surface area contributed by atoms with Gasteiger partial charge in [-0.05, 0) is 36.4 Å². The van der Waals surface area contributed by atoms with Crippen LogP contribution >= 0.6 is 0 Å². The van der Waals surface area contributed by atoms with Crippen molar-refractivity contribution in [1.82, 2.24) is 0 Å². The molecule has 0 amide bonds. The van der Waals surface area contributed by atoms with Crippen LogP contribution in [0.25, 0.3) is 0 Å². The summed E-state index contributed by atoms with van der Waals surface area (Å²) in [6.07, 6.45) is -6.78. The molecule has 0 radical (unpaired) electrons. The third-order valence-electron chi connectivity index (χ3n) is 5.66. The van der Waals surface area contributed by atoms with Crippen molar-refractivity contribution in [1.29, 1.82) is 0 Å². The number of carbonyl (C=O) groups is 5. The molecular weight excluding hydrogens is 546 g/mol. The van der Waals surface area contributed by atoms with Crippen LogP contribution in [-0.4, -0.2) is 71.9 Å². The summed E-state index contributed by atoms with van der Waals surface area (Å²) in [5.74, 6) is -3.26. The smallest absolute Gasteiger partial charge is 0.303 e. The molecule has 0 spiro atoms. The Morgan fingerprint density at radius 2 is 1.22 bits per heavy atom. The van der Waals surface area contributed by atoms with E-state index in [1.165, 1.54) is 48.5 Å². The lowest BCUT2D eigenvalue weighted by Crippen LogP contribution is -2.63. The first kappa shape index (κ1) is 30.7. The molecule has 1 aliphatic rings. The first-order chi connectivity index (χ1) is 19.3. The number of ether oxygens (including phenoxy) is 6. The molecule has 1 fully saturated rings. The Hall–Kier alpha value is -4.85. The van der Waals surface area contributed by atoms with Crippen molar-refractivity contribution in [2.45, 2.75) is 58.4 Å². The van der Waals surface area contributed by atoms with Crippen LogP contribution < -0.4 is 4.74 Å². The quantitative estimate of drug-likeness (QED) is 0.133. The third kappa shape index (κ3) is 8.32. The Morgan fingerprint density at radius 3 is 1.71 bits per heavy atom. The Labute approximate surface area is 233 Å². The fraction of sp³-hybridized carbons (Fsp3) is 0.370. The van der Waals surface area contributed by atoms with Gasteiger partial charge in [0.05, 0.1) is 4.92 Å². The van der Waals surface area contributed by atoms with Gasteiger partial charge >= 0.3 is 23.9 Å². The summed E-state index contributed by atoms with van der Waals surface area (Å²) < 4.78 is 32.8. The minimum absolute atomic E-state index is 0.145. The molecule has 1 saturated heterocycles. The summed E-state index contributed by atoms with van der Waals surface area (Å²) in [6.45, 7) is 4.05. The van der Waals surface area contributed by atoms with Crippen LogP contribution in [0.5, 0.6) is 5.75 Å². The van der Waals surface area contributed by atoms with E-state index in [9.17, 15) is 34.1 Å². The van der Waals surface area contributed by atoms with Crippen molar-refractivity contribution in [3.63, 3.8) is 0 Å². The second kappa shape index (κ2) is 13.5. The highest BCUT2D eigenvalue weighted by atomic mass is 16.7. The minimum Gasteiger partial charge on any atom is -0.463 e. The van der Waals surface area contributed by atoms with Crippen molar-refractivity contribution >= 4 is 35.3 Å². The molecule has 14 nitrogen and oxygen atoms in total. The van der Waals surface area contributed by atoms with Crippen LogP contribution in [0, 0.1) is 10.1 Å². The lowest BCUT2D eigenvalue weighted by molar-refractivity contribution is -0.384. The van der Waals surface area contributed by atoms with Gasteiger partial charge in [-0.3, -0.25) is 34.1 Å². The van der Waals surface area contributed by atoms with Gasteiger partial charge in [-0.15, -0.1) is 0 Å². The van der Waals surface area contributed by atoms with Gasteiger partial charge in [0.1, 0.15) is 18.5 Å². The van der Waals surface area contributed by atoms with Crippen LogP contribution in [0.15, 0.2) is 48.5 Å². The van der Waals surface area contributed by atoms with E-state index in [0.29, 0.717) is 0 Å². The van der Waals surface area contributed by atoms with Crippen molar-refractivity contribution in [3.8, 4) is 5.75 Å². The van der Waals surface area contributed by atoms with Crippen LogP contribution in [0.4, 0.5) is 5.69 Å². The van der Waals surface area contributed by atoms with Gasteiger partial charge in [0.25, 0.3) is 5.69 Å². The molecule has 41 heavy (non-hydrogen) atoms. The van der Waals surface area contributed by atoms with Gasteiger partial charge in [0.2, 0.25) is 12.4 Å². The average molecular weight is 574 g/mol. The maximum absolute atomic E-state index is 12.8. The SMILES string of the molecule is CC(=O)OC[C@H]1O[C@H](Oc2ccc(C(=O)c3ccc([N+](=O)[O-])cc3)cc2)[C@@H](OC(C)=O)[C@@H](OC(C)=O)[C@@H]1OC(C)=O. The summed E-state index contributed by atoms with van der Waals surface area (Å²) in [7, 11) is 0. The number of benzene rings is 2. The molecule has 1 heterocycles. The van der Waals surface area contributed by atoms with Gasteiger partial charge < -0.3 is 28.4 Å². The monoisotopic (exact) mass is 573 g/mol. The molecular formula is C27H27NO13. The molecule has 1 aliphatic heterocycles. The zero-order chi connectivity index (χ0) is 30.3. The van der Waals surface area contributed by atoms with Gasteiger partial charge in [-0.25, -0.2) is 0 Å². The van der Waals surface area contributed by atoms with Crippen molar-refractivity contribution < 1.29 is 57.3 Å². The summed E-state index contributed by atoms with van der Waals surface area (Å²) >= 11 is 0. The van der Waals surface area contributed by atoms with E-state index in [4.69, 9.17) is 28.4 Å². The van der Waals surface area contributed by atoms with Gasteiger partial charge in [0.15, 0.2) is 18.0 Å². The Balaban J connectivity index is 1.89. The molecule has 0 bridgehead atoms. The number of nitrogens with zero attached hydrogens (tertiary/aromatic N) is 1. The normalized spacial score (nSPS) is 21.6. The largest absolute Gasteiger partial charge is 0.463 e. The molecule has 3 rings (SSSR count). The second-order valence-corrected chi connectivity index (χ2v) is 8.84.